The van der Waals surface area contributed by atoms with E-state index < -0.39 is 0 Å². The molecule has 2 aromatic carbocycles. The molecule has 1 fully saturated rings. The van der Waals surface area contributed by atoms with Crippen LogP contribution in [0.4, 0.5) is 11.4 Å². The number of hydrogen-bond acceptors (Lipinski definition) is 5. The maximum atomic E-state index is 12.7. The average Bonchev–Trinajstić information content (AvgIpc) is 2.83. The fourth-order valence-corrected chi connectivity index (χ4v) is 3.74. The van der Waals surface area contributed by atoms with Crippen molar-refractivity contribution >= 4 is 23.2 Å². The van der Waals surface area contributed by atoms with Gasteiger partial charge in [0.1, 0.15) is 0 Å². The molecular formula is C25H34N4O3. The first-order valence-electron chi connectivity index (χ1n) is 11.3. The third-order valence-corrected chi connectivity index (χ3v) is 5.76. The maximum absolute atomic E-state index is 12.7. The van der Waals surface area contributed by atoms with Crippen LogP contribution in [0.1, 0.15) is 29.8 Å². The molecule has 0 bridgehead atoms. The Balaban J connectivity index is 1.50. The van der Waals surface area contributed by atoms with E-state index in [0.717, 1.165) is 51.6 Å². The van der Waals surface area contributed by atoms with Gasteiger partial charge >= 0.3 is 0 Å². The lowest BCUT2D eigenvalue weighted by Gasteiger charge is -2.28. The summed E-state index contributed by atoms with van der Waals surface area (Å²) in [7, 11) is 1.65. The Bertz CT molecular complexity index is 873. The Hall–Kier alpha value is -2.90. The van der Waals surface area contributed by atoms with Gasteiger partial charge in [-0.05, 0) is 55.1 Å². The van der Waals surface area contributed by atoms with Crippen molar-refractivity contribution in [3.05, 3.63) is 59.7 Å². The van der Waals surface area contributed by atoms with E-state index in [2.05, 4.69) is 29.0 Å². The normalized spacial score (nSPS) is 13.8. The number of likely N-dealkylation sites (N-methyl/N-ethyl adjacent to an activating group) is 1. The molecule has 1 heterocycles. The number of nitrogens with zero attached hydrogens (tertiary/aromatic N) is 3. The fraction of sp³-hybridized carbons (Fsp3) is 0.440. The highest BCUT2D eigenvalue weighted by molar-refractivity contribution is 5.99. The third-order valence-electron chi connectivity index (χ3n) is 5.76. The molecule has 0 aromatic heterocycles. The number of hydrogen-bond donors (Lipinski definition) is 1. The minimum Gasteiger partial charge on any atom is -0.378 e. The van der Waals surface area contributed by atoms with E-state index in [9.17, 15) is 9.59 Å². The molecule has 0 saturated carbocycles. The molecule has 0 aliphatic carbocycles. The first-order valence-corrected chi connectivity index (χ1v) is 11.3. The minimum absolute atomic E-state index is 0.00868. The molecule has 1 aliphatic rings. The van der Waals surface area contributed by atoms with E-state index in [-0.39, 0.29) is 18.4 Å². The number of rotatable bonds is 9. The van der Waals surface area contributed by atoms with Crippen molar-refractivity contribution in [2.45, 2.75) is 20.4 Å². The molecule has 0 atom stereocenters. The average molecular weight is 439 g/mol. The minimum atomic E-state index is -0.224. The van der Waals surface area contributed by atoms with Gasteiger partial charge in [-0.15, -0.1) is 0 Å². The van der Waals surface area contributed by atoms with Crippen LogP contribution in [0.2, 0.25) is 0 Å². The van der Waals surface area contributed by atoms with Gasteiger partial charge in [0, 0.05) is 43.6 Å². The highest BCUT2D eigenvalue weighted by atomic mass is 16.5. The molecule has 1 N–H and O–H groups in total. The molecule has 1 saturated heterocycles. The van der Waals surface area contributed by atoms with Gasteiger partial charge in [-0.3, -0.25) is 14.5 Å². The van der Waals surface area contributed by atoms with E-state index >= 15 is 0 Å². The summed E-state index contributed by atoms with van der Waals surface area (Å²) in [5, 5.41) is 2.87. The van der Waals surface area contributed by atoms with Crippen molar-refractivity contribution < 1.29 is 14.3 Å². The molecule has 0 spiro atoms. The number of anilines is 2. The summed E-state index contributed by atoms with van der Waals surface area (Å²) in [6.45, 7) is 10.3. The predicted molar refractivity (Wildman–Crippen MR) is 128 cm³/mol. The van der Waals surface area contributed by atoms with Gasteiger partial charge in [0.05, 0.1) is 19.8 Å². The maximum Gasteiger partial charge on any atom is 0.254 e. The summed E-state index contributed by atoms with van der Waals surface area (Å²) in [6, 6.07) is 15.4. The fourth-order valence-electron chi connectivity index (χ4n) is 3.74. The van der Waals surface area contributed by atoms with Crippen LogP contribution in [-0.2, 0) is 16.1 Å². The van der Waals surface area contributed by atoms with Crippen LogP contribution in [0.15, 0.2) is 48.5 Å². The van der Waals surface area contributed by atoms with E-state index in [1.54, 1.807) is 7.05 Å². The molecule has 32 heavy (non-hydrogen) atoms. The second-order valence-corrected chi connectivity index (χ2v) is 8.01. The highest BCUT2D eigenvalue weighted by Gasteiger charge is 2.16. The van der Waals surface area contributed by atoms with Gasteiger partial charge < -0.3 is 19.9 Å². The van der Waals surface area contributed by atoms with Crippen LogP contribution in [0.25, 0.3) is 0 Å². The molecule has 3 rings (SSSR count). The molecule has 172 valence electrons. The summed E-state index contributed by atoms with van der Waals surface area (Å²) < 4.78 is 5.38. The Labute approximate surface area is 190 Å². The molecular weight excluding hydrogens is 404 g/mol. The molecule has 0 unspecified atom stereocenters. The number of benzene rings is 2. The predicted octanol–water partition coefficient (Wildman–Crippen LogP) is 3.08. The smallest absolute Gasteiger partial charge is 0.254 e. The van der Waals surface area contributed by atoms with Crippen LogP contribution >= 0.6 is 0 Å². The van der Waals surface area contributed by atoms with Gasteiger partial charge in [0.15, 0.2) is 0 Å². The van der Waals surface area contributed by atoms with Gasteiger partial charge in [-0.2, -0.15) is 0 Å². The van der Waals surface area contributed by atoms with Crippen molar-refractivity contribution in [3.63, 3.8) is 0 Å². The van der Waals surface area contributed by atoms with Crippen molar-refractivity contribution in [2.24, 2.45) is 0 Å². The summed E-state index contributed by atoms with van der Waals surface area (Å²) in [5.41, 5.74) is 3.58. The first kappa shape index (κ1) is 23.8. The van der Waals surface area contributed by atoms with Gasteiger partial charge in [-0.25, -0.2) is 0 Å². The van der Waals surface area contributed by atoms with Crippen molar-refractivity contribution in [2.75, 3.05) is 63.2 Å². The summed E-state index contributed by atoms with van der Waals surface area (Å²) >= 11 is 0. The topological polar surface area (TPSA) is 65.1 Å². The Kier molecular flexibility index (Phi) is 8.64. The molecule has 7 heteroatoms. The lowest BCUT2D eigenvalue weighted by Crippen LogP contribution is -2.36. The number of carbonyl (C=O) groups is 2. The largest absolute Gasteiger partial charge is 0.378 e. The van der Waals surface area contributed by atoms with E-state index in [1.165, 1.54) is 10.5 Å². The van der Waals surface area contributed by atoms with Crippen LogP contribution in [0.3, 0.4) is 0 Å². The summed E-state index contributed by atoms with van der Waals surface area (Å²) in [4.78, 5) is 31.2. The summed E-state index contributed by atoms with van der Waals surface area (Å²) in [5.74, 6) is -0.393. The Morgan fingerprint density at radius 2 is 1.59 bits per heavy atom. The standard InChI is InChI=1S/C25H34N4O3/c1-4-28(5-2)18-20-6-8-21(9-7-20)25(31)27(3)19-24(30)26-22-10-12-23(13-11-22)29-14-16-32-17-15-29/h6-13H,4-5,14-19H2,1-3H3,(H,26,30). The van der Waals surface area contributed by atoms with Crippen molar-refractivity contribution in [1.29, 1.82) is 0 Å². The lowest BCUT2D eigenvalue weighted by molar-refractivity contribution is -0.116. The second-order valence-electron chi connectivity index (χ2n) is 8.01. The zero-order chi connectivity index (χ0) is 22.9. The van der Waals surface area contributed by atoms with Gasteiger partial charge in [0.25, 0.3) is 5.91 Å². The number of amides is 2. The molecule has 2 amide bonds. The molecule has 1 aliphatic heterocycles. The lowest BCUT2D eigenvalue weighted by atomic mass is 10.1. The van der Waals surface area contributed by atoms with Gasteiger partial charge in [-0.1, -0.05) is 26.0 Å². The number of carbonyl (C=O) groups excluding carboxylic acids is 2. The number of nitrogens with one attached hydrogen (secondary N) is 1. The van der Waals surface area contributed by atoms with Gasteiger partial charge in [0.2, 0.25) is 5.91 Å². The van der Waals surface area contributed by atoms with Crippen molar-refractivity contribution in [1.82, 2.24) is 9.80 Å². The zero-order valence-corrected chi connectivity index (χ0v) is 19.3. The van der Waals surface area contributed by atoms with Crippen LogP contribution in [0.5, 0.6) is 0 Å². The highest BCUT2D eigenvalue weighted by Crippen LogP contribution is 2.19. The monoisotopic (exact) mass is 438 g/mol. The summed E-state index contributed by atoms with van der Waals surface area (Å²) in [6.07, 6.45) is 0. The quantitative estimate of drug-likeness (QED) is 0.652. The van der Waals surface area contributed by atoms with E-state index in [4.69, 9.17) is 4.74 Å². The second kappa shape index (κ2) is 11.6. The van der Waals surface area contributed by atoms with Crippen LogP contribution < -0.4 is 10.2 Å². The molecule has 0 radical (unpaired) electrons. The Morgan fingerprint density at radius 3 is 2.19 bits per heavy atom. The molecule has 7 nitrogen and oxygen atoms in total. The SMILES string of the molecule is CCN(CC)Cc1ccc(C(=O)N(C)CC(=O)Nc2ccc(N3CCOCC3)cc2)cc1. The third kappa shape index (κ3) is 6.55. The zero-order valence-electron chi connectivity index (χ0n) is 19.3. The number of morpholine rings is 1. The number of ether oxygens (including phenoxy) is 1. The van der Waals surface area contributed by atoms with E-state index in [1.807, 2.05) is 48.5 Å². The van der Waals surface area contributed by atoms with Crippen molar-refractivity contribution in [3.8, 4) is 0 Å². The Morgan fingerprint density at radius 1 is 0.969 bits per heavy atom. The first-order chi connectivity index (χ1) is 15.5. The van der Waals surface area contributed by atoms with Crippen LogP contribution in [-0.4, -0.2) is 74.6 Å². The van der Waals surface area contributed by atoms with E-state index in [0.29, 0.717) is 11.3 Å². The van der Waals surface area contributed by atoms with Crippen LogP contribution in [0, 0.1) is 0 Å². The molecule has 2 aromatic rings.